The highest BCUT2D eigenvalue weighted by molar-refractivity contribution is 7.71. The Morgan fingerprint density at radius 1 is 1.32 bits per heavy atom. The van der Waals surface area contributed by atoms with Crippen LogP contribution in [-0.2, 0) is 13.0 Å². The Morgan fingerprint density at radius 3 is 2.68 bits per heavy atom. The van der Waals surface area contributed by atoms with Crippen LogP contribution in [0.15, 0.2) is 29.1 Å². The van der Waals surface area contributed by atoms with Crippen molar-refractivity contribution in [3.63, 3.8) is 0 Å². The fraction of sp³-hybridized carbons (Fsp3) is 0.167. The van der Waals surface area contributed by atoms with Gasteiger partial charge in [0.25, 0.3) is 5.56 Å². The fourth-order valence-electron chi connectivity index (χ4n) is 1.73. The van der Waals surface area contributed by atoms with Crippen LogP contribution in [0.3, 0.4) is 0 Å². The highest BCUT2D eigenvalue weighted by atomic mass is 35.5. The van der Waals surface area contributed by atoms with Gasteiger partial charge in [0.1, 0.15) is 5.82 Å². The summed E-state index contributed by atoms with van der Waals surface area (Å²) in [4.78, 5) is 13.7. The molecule has 0 unspecified atom stereocenters. The van der Waals surface area contributed by atoms with E-state index in [1.165, 1.54) is 6.07 Å². The van der Waals surface area contributed by atoms with Crippen LogP contribution in [-0.4, -0.2) is 9.55 Å². The number of nitrogens with zero attached hydrogens (tertiary/aromatic N) is 1. The van der Waals surface area contributed by atoms with Crippen molar-refractivity contribution in [3.05, 3.63) is 55.0 Å². The van der Waals surface area contributed by atoms with E-state index in [1.807, 2.05) is 6.07 Å². The molecule has 0 amide bonds. The molecule has 0 aliphatic heterocycles. The Labute approximate surface area is 124 Å². The average Bonchev–Trinajstić information content (AvgIpc) is 2.30. The molecule has 0 spiro atoms. The third-order valence-electron chi connectivity index (χ3n) is 2.69. The molecule has 0 saturated carbocycles. The van der Waals surface area contributed by atoms with Gasteiger partial charge in [-0.25, -0.2) is 0 Å². The first-order valence-electron chi connectivity index (χ1n) is 5.51. The van der Waals surface area contributed by atoms with Crippen LogP contribution in [0.2, 0.25) is 10.0 Å². The van der Waals surface area contributed by atoms with Crippen molar-refractivity contribution in [2.24, 2.45) is 0 Å². The van der Waals surface area contributed by atoms with E-state index in [4.69, 9.17) is 41.2 Å². The second kappa shape index (κ2) is 5.77. The van der Waals surface area contributed by atoms with Gasteiger partial charge in [-0.15, -0.1) is 0 Å². The molecule has 1 heterocycles. The van der Waals surface area contributed by atoms with Crippen LogP contribution >= 0.6 is 35.4 Å². The van der Waals surface area contributed by atoms with Gasteiger partial charge in [0.15, 0.2) is 4.77 Å². The van der Waals surface area contributed by atoms with Gasteiger partial charge < -0.3 is 10.3 Å². The zero-order valence-electron chi connectivity index (χ0n) is 9.82. The van der Waals surface area contributed by atoms with Crippen LogP contribution < -0.4 is 11.3 Å². The minimum atomic E-state index is -0.303. The van der Waals surface area contributed by atoms with Crippen molar-refractivity contribution < 1.29 is 0 Å². The second-order valence-corrected chi connectivity index (χ2v) is 5.23. The second-order valence-electron chi connectivity index (χ2n) is 4.00. The van der Waals surface area contributed by atoms with Gasteiger partial charge in [-0.05, 0) is 36.3 Å². The summed E-state index contributed by atoms with van der Waals surface area (Å²) in [6, 6.07) is 6.63. The number of nitrogen functional groups attached to an aromatic ring is 1. The van der Waals surface area contributed by atoms with Crippen molar-refractivity contribution in [2.45, 2.75) is 13.0 Å². The number of aromatic amines is 1. The summed E-state index contributed by atoms with van der Waals surface area (Å²) in [6.45, 7) is 0.531. The lowest BCUT2D eigenvalue weighted by Crippen LogP contribution is -2.17. The monoisotopic (exact) mass is 315 g/mol. The maximum absolute atomic E-state index is 11.2. The first-order valence-corrected chi connectivity index (χ1v) is 6.67. The zero-order chi connectivity index (χ0) is 14.0. The highest BCUT2D eigenvalue weighted by Gasteiger charge is 2.04. The van der Waals surface area contributed by atoms with Gasteiger partial charge in [-0.2, -0.15) is 0 Å². The summed E-state index contributed by atoms with van der Waals surface area (Å²) in [5, 5.41) is 1.19. The molecule has 3 N–H and O–H groups in total. The van der Waals surface area contributed by atoms with E-state index in [-0.39, 0.29) is 5.56 Å². The van der Waals surface area contributed by atoms with Crippen LogP contribution in [0.25, 0.3) is 0 Å². The highest BCUT2D eigenvalue weighted by Crippen LogP contribution is 2.21. The standard InChI is InChI=1S/C12H11Cl2N3OS/c13-8-2-1-7(9(14)5-8)3-4-17-10(15)6-11(18)16-12(17)19/h1-2,5-6H,3-4,15H2,(H,16,18,19). The maximum Gasteiger partial charge on any atom is 0.253 e. The summed E-state index contributed by atoms with van der Waals surface area (Å²) in [5.74, 6) is 0.332. The molecule has 1 aromatic heterocycles. The van der Waals surface area contributed by atoms with Crippen LogP contribution in [0.5, 0.6) is 0 Å². The Morgan fingerprint density at radius 2 is 2.05 bits per heavy atom. The Balaban J connectivity index is 2.24. The van der Waals surface area contributed by atoms with E-state index in [0.29, 0.717) is 33.6 Å². The molecule has 0 atom stereocenters. The number of rotatable bonds is 3. The predicted molar refractivity (Wildman–Crippen MR) is 80.5 cm³/mol. The van der Waals surface area contributed by atoms with Crippen molar-refractivity contribution in [3.8, 4) is 0 Å². The number of benzene rings is 1. The Bertz CT molecular complexity index is 724. The summed E-state index contributed by atoms with van der Waals surface area (Å²) in [5.41, 5.74) is 6.41. The smallest absolute Gasteiger partial charge is 0.253 e. The number of aromatic nitrogens is 2. The molecule has 0 radical (unpaired) electrons. The van der Waals surface area contributed by atoms with Crippen molar-refractivity contribution in [2.75, 3.05) is 5.73 Å². The van der Waals surface area contributed by atoms with E-state index >= 15 is 0 Å². The average molecular weight is 316 g/mol. The molecule has 1 aromatic carbocycles. The molecular weight excluding hydrogens is 305 g/mol. The molecular formula is C12H11Cl2N3OS. The van der Waals surface area contributed by atoms with E-state index in [2.05, 4.69) is 4.98 Å². The largest absolute Gasteiger partial charge is 0.385 e. The maximum atomic E-state index is 11.2. The first kappa shape index (κ1) is 14.1. The summed E-state index contributed by atoms with van der Waals surface area (Å²) in [6.07, 6.45) is 0.639. The van der Waals surface area contributed by atoms with E-state index in [1.54, 1.807) is 16.7 Å². The number of halogens is 2. The summed E-state index contributed by atoms with van der Waals surface area (Å²) < 4.78 is 1.96. The van der Waals surface area contributed by atoms with Crippen molar-refractivity contribution in [1.82, 2.24) is 9.55 Å². The molecule has 0 aliphatic rings. The Hall–Kier alpha value is -1.30. The molecule has 4 nitrogen and oxygen atoms in total. The topological polar surface area (TPSA) is 63.8 Å². The van der Waals surface area contributed by atoms with Gasteiger partial charge in [-0.1, -0.05) is 29.3 Å². The number of anilines is 1. The molecule has 0 fully saturated rings. The molecule has 0 aliphatic carbocycles. The molecule has 19 heavy (non-hydrogen) atoms. The van der Waals surface area contributed by atoms with Gasteiger partial charge in [0.2, 0.25) is 0 Å². The minimum absolute atomic E-state index is 0.301. The van der Waals surface area contributed by atoms with E-state index in [0.717, 1.165) is 5.56 Å². The lowest BCUT2D eigenvalue weighted by Gasteiger charge is -2.10. The molecule has 2 aromatic rings. The summed E-state index contributed by atoms with van der Waals surface area (Å²) >= 11 is 17.0. The molecule has 0 bridgehead atoms. The van der Waals surface area contributed by atoms with Gasteiger partial charge in [-0.3, -0.25) is 9.78 Å². The van der Waals surface area contributed by atoms with Crippen molar-refractivity contribution >= 4 is 41.2 Å². The molecule has 7 heteroatoms. The zero-order valence-corrected chi connectivity index (χ0v) is 12.1. The SMILES string of the molecule is Nc1cc(=O)[nH]c(=S)n1CCc1ccc(Cl)cc1Cl. The van der Waals surface area contributed by atoms with Crippen molar-refractivity contribution in [1.29, 1.82) is 0 Å². The lowest BCUT2D eigenvalue weighted by atomic mass is 10.1. The third kappa shape index (κ3) is 3.37. The number of aryl methyl sites for hydroxylation is 1. The first-order chi connectivity index (χ1) is 8.97. The van der Waals surface area contributed by atoms with Crippen LogP contribution in [0, 0.1) is 4.77 Å². The minimum Gasteiger partial charge on any atom is -0.385 e. The van der Waals surface area contributed by atoms with E-state index < -0.39 is 0 Å². The number of nitrogens with one attached hydrogen (secondary N) is 1. The van der Waals surface area contributed by atoms with Gasteiger partial charge >= 0.3 is 0 Å². The number of H-pyrrole nitrogens is 1. The fourth-order valence-corrected chi connectivity index (χ4v) is 2.53. The van der Waals surface area contributed by atoms with Gasteiger partial charge in [0.05, 0.1) is 0 Å². The molecule has 100 valence electrons. The molecule has 2 rings (SSSR count). The normalized spacial score (nSPS) is 10.6. The van der Waals surface area contributed by atoms with Crippen LogP contribution in [0.4, 0.5) is 5.82 Å². The predicted octanol–water partition coefficient (Wildman–Crippen LogP) is 3.04. The quantitative estimate of drug-likeness (QED) is 0.856. The number of hydrogen-bond acceptors (Lipinski definition) is 3. The Kier molecular flexibility index (Phi) is 4.29. The molecule has 0 saturated heterocycles. The van der Waals surface area contributed by atoms with Crippen LogP contribution in [0.1, 0.15) is 5.56 Å². The third-order valence-corrected chi connectivity index (χ3v) is 3.60. The number of nitrogens with two attached hydrogens (primary N) is 1. The summed E-state index contributed by atoms with van der Waals surface area (Å²) in [7, 11) is 0. The lowest BCUT2D eigenvalue weighted by molar-refractivity contribution is 0.673. The van der Waals surface area contributed by atoms with Gasteiger partial charge in [0, 0.05) is 22.7 Å². The van der Waals surface area contributed by atoms with E-state index in [9.17, 15) is 4.79 Å². The number of hydrogen-bond donors (Lipinski definition) is 2.